The Bertz CT molecular complexity index is 760. The predicted octanol–water partition coefficient (Wildman–Crippen LogP) is 3.16. The molecule has 0 spiro atoms. The maximum atomic E-state index is 13.6. The van der Waals surface area contributed by atoms with Gasteiger partial charge in [-0.1, -0.05) is 23.2 Å². The minimum absolute atomic E-state index is 0.0148. The molecule has 0 aliphatic carbocycles. The summed E-state index contributed by atoms with van der Waals surface area (Å²) in [6.45, 7) is 1.24. The zero-order valence-corrected chi connectivity index (χ0v) is 15.6. The number of nitrogens with one attached hydrogen (secondary N) is 1. The molecule has 0 aromatic heterocycles. The molecule has 4 atom stereocenters. The summed E-state index contributed by atoms with van der Waals surface area (Å²) >= 11 is 11.8. The second-order valence-corrected chi connectivity index (χ2v) is 8.13. The number of carbonyl (C=O) groups is 1. The summed E-state index contributed by atoms with van der Waals surface area (Å²) < 4.78 is 13.6. The molecule has 3 aliphatic heterocycles. The summed E-state index contributed by atoms with van der Waals surface area (Å²) in [6, 6.07) is 3.57. The van der Waals surface area contributed by atoms with E-state index >= 15 is 0 Å². The highest BCUT2D eigenvalue weighted by molar-refractivity contribution is 6.35. The molecule has 3 aliphatic rings. The van der Waals surface area contributed by atoms with E-state index in [9.17, 15) is 14.4 Å². The van der Waals surface area contributed by atoms with E-state index in [-0.39, 0.29) is 40.0 Å². The molecule has 2 bridgehead atoms. The van der Waals surface area contributed by atoms with E-state index in [1.165, 1.54) is 0 Å². The third-order valence-electron chi connectivity index (χ3n) is 5.87. The van der Waals surface area contributed by atoms with Crippen molar-refractivity contribution in [2.75, 3.05) is 18.0 Å². The number of amides is 1. The number of nitriles is 1. The molecule has 8 heteroatoms. The molecule has 0 radical (unpaired) electrons. The molecule has 1 amide bonds. The van der Waals surface area contributed by atoms with Crippen molar-refractivity contribution in [3.63, 3.8) is 0 Å². The number of benzene rings is 1. The first kappa shape index (κ1) is 17.7. The molecule has 138 valence electrons. The Labute approximate surface area is 161 Å². The van der Waals surface area contributed by atoms with Crippen LogP contribution in [0.4, 0.5) is 10.1 Å². The van der Waals surface area contributed by atoms with Gasteiger partial charge in [0.2, 0.25) is 5.91 Å². The topological polar surface area (TPSA) is 59.4 Å². The van der Waals surface area contributed by atoms with Crippen LogP contribution in [0.2, 0.25) is 10.0 Å². The van der Waals surface area contributed by atoms with Gasteiger partial charge >= 0.3 is 0 Å². The zero-order chi connectivity index (χ0) is 18.4. The fourth-order valence-corrected chi connectivity index (χ4v) is 5.01. The average Bonchev–Trinajstić information content (AvgIpc) is 3.33. The van der Waals surface area contributed by atoms with Crippen LogP contribution in [0, 0.1) is 23.2 Å². The Kier molecular flexibility index (Phi) is 4.62. The lowest BCUT2D eigenvalue weighted by molar-refractivity contribution is -0.125. The SMILES string of the molecule is N#CN1[C@H]2CC[C@@H]1[C@H](NC(=O)[C@H]1CCN(c3cc(Cl)c(F)c(Cl)c3)C1)C2. The molecule has 4 rings (SSSR count). The standard InChI is InChI=1S/C18H19Cl2FN4O/c19-13-5-12(6-14(20)17(13)21)24-4-3-10(8-24)18(26)23-15-7-11-1-2-16(15)25(11)9-22/h5-6,10-11,15-16H,1-4,7-8H2,(H,23,26)/t10-,11-,15+,16+/m0/s1. The minimum atomic E-state index is -0.621. The second kappa shape index (κ2) is 6.79. The third kappa shape index (κ3) is 2.97. The molecule has 1 aromatic rings. The van der Waals surface area contributed by atoms with Crippen molar-refractivity contribution in [1.82, 2.24) is 10.2 Å². The highest BCUT2D eigenvalue weighted by Crippen LogP contribution is 2.37. The van der Waals surface area contributed by atoms with Crippen molar-refractivity contribution >= 4 is 34.8 Å². The van der Waals surface area contributed by atoms with E-state index in [1.807, 2.05) is 9.80 Å². The van der Waals surface area contributed by atoms with Gasteiger partial charge in [0.05, 0.1) is 28.0 Å². The maximum absolute atomic E-state index is 13.6. The Morgan fingerprint density at radius 3 is 2.65 bits per heavy atom. The average molecular weight is 397 g/mol. The fourth-order valence-electron chi connectivity index (χ4n) is 4.53. The predicted molar refractivity (Wildman–Crippen MR) is 97.5 cm³/mol. The molecule has 0 unspecified atom stereocenters. The highest BCUT2D eigenvalue weighted by atomic mass is 35.5. The number of carbonyl (C=O) groups excluding carboxylic acids is 1. The molecule has 0 saturated carbocycles. The number of anilines is 1. The summed E-state index contributed by atoms with van der Waals surface area (Å²) in [4.78, 5) is 16.5. The van der Waals surface area contributed by atoms with Crippen LogP contribution in [0.3, 0.4) is 0 Å². The van der Waals surface area contributed by atoms with E-state index in [0.29, 0.717) is 13.1 Å². The third-order valence-corrected chi connectivity index (χ3v) is 6.42. The number of hydrogen-bond acceptors (Lipinski definition) is 4. The van der Waals surface area contributed by atoms with Crippen LogP contribution in [0.1, 0.15) is 25.7 Å². The first-order chi connectivity index (χ1) is 12.5. The first-order valence-electron chi connectivity index (χ1n) is 8.86. The summed E-state index contributed by atoms with van der Waals surface area (Å²) in [6.07, 6.45) is 5.84. The maximum Gasteiger partial charge on any atom is 0.225 e. The molecular weight excluding hydrogens is 378 g/mol. The van der Waals surface area contributed by atoms with Crippen LogP contribution in [0.25, 0.3) is 0 Å². The largest absolute Gasteiger partial charge is 0.371 e. The van der Waals surface area contributed by atoms with Crippen molar-refractivity contribution in [2.45, 2.75) is 43.8 Å². The lowest BCUT2D eigenvalue weighted by Crippen LogP contribution is -2.46. The monoisotopic (exact) mass is 396 g/mol. The molecule has 3 saturated heterocycles. The highest BCUT2D eigenvalue weighted by Gasteiger charge is 2.47. The lowest BCUT2D eigenvalue weighted by atomic mass is 9.95. The van der Waals surface area contributed by atoms with Gasteiger partial charge in [0, 0.05) is 24.8 Å². The Balaban J connectivity index is 1.38. The number of halogens is 3. The first-order valence-corrected chi connectivity index (χ1v) is 9.61. The molecule has 26 heavy (non-hydrogen) atoms. The summed E-state index contributed by atoms with van der Waals surface area (Å²) in [5.41, 5.74) is 0.729. The van der Waals surface area contributed by atoms with Crippen LogP contribution in [0.15, 0.2) is 12.1 Å². The molecule has 3 fully saturated rings. The van der Waals surface area contributed by atoms with Gasteiger partial charge in [0.15, 0.2) is 12.0 Å². The molecule has 1 N–H and O–H groups in total. The van der Waals surface area contributed by atoms with Crippen molar-refractivity contribution in [3.8, 4) is 6.19 Å². The minimum Gasteiger partial charge on any atom is -0.371 e. The lowest BCUT2D eigenvalue weighted by Gasteiger charge is -2.24. The van der Waals surface area contributed by atoms with Crippen LogP contribution < -0.4 is 10.2 Å². The summed E-state index contributed by atoms with van der Waals surface area (Å²) in [5, 5.41) is 12.4. The second-order valence-electron chi connectivity index (χ2n) is 7.31. The molecule has 5 nitrogen and oxygen atoms in total. The van der Waals surface area contributed by atoms with E-state index in [2.05, 4.69) is 11.5 Å². The van der Waals surface area contributed by atoms with Crippen molar-refractivity contribution in [2.24, 2.45) is 5.92 Å². The number of hydrogen-bond donors (Lipinski definition) is 1. The van der Waals surface area contributed by atoms with Gasteiger partial charge in [-0.05, 0) is 37.8 Å². The van der Waals surface area contributed by atoms with E-state index in [0.717, 1.165) is 31.4 Å². The number of rotatable bonds is 3. The van der Waals surface area contributed by atoms with Crippen molar-refractivity contribution < 1.29 is 9.18 Å². The van der Waals surface area contributed by atoms with E-state index in [1.54, 1.807) is 12.1 Å². The Hall–Kier alpha value is -1.71. The fraction of sp³-hybridized carbons (Fsp3) is 0.556. The number of fused-ring (bicyclic) bond motifs is 2. The van der Waals surface area contributed by atoms with Crippen molar-refractivity contribution in [3.05, 3.63) is 28.0 Å². The van der Waals surface area contributed by atoms with Crippen LogP contribution in [-0.2, 0) is 4.79 Å². The van der Waals surface area contributed by atoms with Crippen LogP contribution >= 0.6 is 23.2 Å². The van der Waals surface area contributed by atoms with Gasteiger partial charge in [-0.25, -0.2) is 4.39 Å². The van der Waals surface area contributed by atoms with Crippen molar-refractivity contribution in [1.29, 1.82) is 5.26 Å². The zero-order valence-electron chi connectivity index (χ0n) is 14.1. The summed E-state index contributed by atoms with van der Waals surface area (Å²) in [7, 11) is 0. The van der Waals surface area contributed by atoms with Gasteiger partial charge in [-0.3, -0.25) is 4.79 Å². The normalized spacial score (nSPS) is 29.9. The van der Waals surface area contributed by atoms with Crippen LogP contribution in [0.5, 0.6) is 0 Å². The number of nitrogens with zero attached hydrogens (tertiary/aromatic N) is 3. The Morgan fingerprint density at radius 2 is 2.00 bits per heavy atom. The molecular formula is C18H19Cl2FN4O. The van der Waals surface area contributed by atoms with Crippen LogP contribution in [-0.4, -0.2) is 42.0 Å². The van der Waals surface area contributed by atoms with Gasteiger partial charge in [0.25, 0.3) is 0 Å². The molecule has 3 heterocycles. The Morgan fingerprint density at radius 1 is 1.27 bits per heavy atom. The quantitative estimate of drug-likeness (QED) is 0.629. The van der Waals surface area contributed by atoms with Gasteiger partial charge in [-0.15, -0.1) is 0 Å². The molecule has 1 aromatic carbocycles. The van der Waals surface area contributed by atoms with E-state index in [4.69, 9.17) is 23.2 Å². The summed E-state index contributed by atoms with van der Waals surface area (Å²) in [5.74, 6) is -0.724. The van der Waals surface area contributed by atoms with Gasteiger partial charge in [0.1, 0.15) is 0 Å². The van der Waals surface area contributed by atoms with Gasteiger partial charge < -0.3 is 15.1 Å². The smallest absolute Gasteiger partial charge is 0.225 e. The van der Waals surface area contributed by atoms with Gasteiger partial charge in [-0.2, -0.15) is 5.26 Å². The van der Waals surface area contributed by atoms with E-state index < -0.39 is 5.82 Å².